The van der Waals surface area contributed by atoms with Crippen LogP contribution < -0.4 is 14.4 Å². The fourth-order valence-corrected chi connectivity index (χ4v) is 5.70. The van der Waals surface area contributed by atoms with Crippen molar-refractivity contribution in [3.63, 3.8) is 0 Å². The van der Waals surface area contributed by atoms with E-state index in [4.69, 9.17) is 27.9 Å². The second-order valence-corrected chi connectivity index (χ2v) is 11.7. The number of carbonyl (C=O) groups is 2. The van der Waals surface area contributed by atoms with Crippen LogP contribution in [-0.4, -0.2) is 50.9 Å². The number of halogens is 2. The number of carbonyl (C=O) groups excluding carboxylic acids is 2. The van der Waals surface area contributed by atoms with Crippen LogP contribution in [0.3, 0.4) is 0 Å². The zero-order valence-corrected chi connectivity index (χ0v) is 25.0. The first-order valence-electron chi connectivity index (χ1n) is 12.9. The summed E-state index contributed by atoms with van der Waals surface area (Å²) in [5.41, 5.74) is 0.960. The Labute approximate surface area is 245 Å². The van der Waals surface area contributed by atoms with Gasteiger partial charge in [0.05, 0.1) is 17.2 Å². The summed E-state index contributed by atoms with van der Waals surface area (Å²) in [6.07, 6.45) is 0.728. The van der Waals surface area contributed by atoms with E-state index in [-0.39, 0.29) is 23.0 Å². The minimum Gasteiger partial charge on any atom is -0.494 e. The van der Waals surface area contributed by atoms with E-state index in [1.165, 1.54) is 29.2 Å². The lowest BCUT2D eigenvalue weighted by molar-refractivity contribution is -0.139. The minimum absolute atomic E-state index is 0.0336. The fourth-order valence-electron chi connectivity index (χ4n) is 3.95. The highest BCUT2D eigenvalue weighted by Gasteiger charge is 2.32. The number of benzene rings is 3. The molecule has 0 aliphatic rings. The SMILES string of the molecule is CCCNC(=O)[C@H](C)N(Cc1cccc(Cl)c1)C(=O)CN(c1ccc(OCC)cc1)S(=O)(=O)c1ccc(Cl)cc1. The first-order valence-corrected chi connectivity index (χ1v) is 15.1. The molecule has 3 rings (SSSR count). The second-order valence-electron chi connectivity index (χ2n) is 9.01. The molecule has 0 fully saturated rings. The number of nitrogens with zero attached hydrogens (tertiary/aromatic N) is 2. The third-order valence-electron chi connectivity index (χ3n) is 6.07. The summed E-state index contributed by atoms with van der Waals surface area (Å²) in [4.78, 5) is 28.1. The quantitative estimate of drug-likeness (QED) is 0.276. The maximum Gasteiger partial charge on any atom is 0.264 e. The zero-order valence-electron chi connectivity index (χ0n) is 22.6. The van der Waals surface area contributed by atoms with E-state index in [1.54, 1.807) is 55.5 Å². The van der Waals surface area contributed by atoms with Crippen LogP contribution >= 0.6 is 23.2 Å². The van der Waals surface area contributed by atoms with Gasteiger partial charge in [0, 0.05) is 23.1 Å². The van der Waals surface area contributed by atoms with Crippen molar-refractivity contribution in [3.8, 4) is 5.75 Å². The van der Waals surface area contributed by atoms with E-state index in [9.17, 15) is 18.0 Å². The number of nitrogens with one attached hydrogen (secondary N) is 1. The van der Waals surface area contributed by atoms with E-state index in [0.717, 1.165) is 10.7 Å². The van der Waals surface area contributed by atoms with Gasteiger partial charge >= 0.3 is 0 Å². The number of sulfonamides is 1. The minimum atomic E-state index is -4.20. The molecule has 0 aromatic heterocycles. The number of amides is 2. The van der Waals surface area contributed by atoms with Gasteiger partial charge in [-0.2, -0.15) is 0 Å². The van der Waals surface area contributed by atoms with Gasteiger partial charge in [-0.3, -0.25) is 13.9 Å². The molecule has 3 aromatic carbocycles. The van der Waals surface area contributed by atoms with Crippen LogP contribution in [0.4, 0.5) is 5.69 Å². The van der Waals surface area contributed by atoms with Crippen molar-refractivity contribution in [2.24, 2.45) is 0 Å². The van der Waals surface area contributed by atoms with Crippen LogP contribution in [-0.2, 0) is 26.2 Å². The monoisotopic (exact) mass is 605 g/mol. The molecule has 8 nitrogen and oxygen atoms in total. The molecule has 0 unspecified atom stereocenters. The molecule has 2 amide bonds. The summed E-state index contributed by atoms with van der Waals surface area (Å²) in [7, 11) is -4.20. The standard InChI is InChI=1S/C29H33Cl2N3O5S/c1-4-17-32-29(36)21(3)33(19-22-7-6-8-24(31)18-22)28(35)20-34(25-11-13-26(14-12-25)39-5-2)40(37,38)27-15-9-23(30)10-16-27/h6-16,18,21H,4-5,17,19-20H2,1-3H3,(H,32,36)/t21-/m0/s1. The lowest BCUT2D eigenvalue weighted by atomic mass is 10.1. The Kier molecular flexibility index (Phi) is 11.2. The third kappa shape index (κ3) is 8.13. The highest BCUT2D eigenvalue weighted by atomic mass is 35.5. The summed E-state index contributed by atoms with van der Waals surface area (Å²) in [5, 5.41) is 3.67. The normalized spacial score (nSPS) is 11.9. The van der Waals surface area contributed by atoms with Gasteiger partial charge in [-0.15, -0.1) is 0 Å². The Bertz CT molecular complexity index is 1400. The Hall–Kier alpha value is -3.27. The Morgan fingerprint density at radius 2 is 1.62 bits per heavy atom. The van der Waals surface area contributed by atoms with Crippen LogP contribution in [0.5, 0.6) is 5.75 Å². The molecule has 0 bridgehead atoms. The van der Waals surface area contributed by atoms with E-state index >= 15 is 0 Å². The first-order chi connectivity index (χ1) is 19.1. The van der Waals surface area contributed by atoms with Crippen molar-refractivity contribution < 1.29 is 22.7 Å². The molecule has 1 N–H and O–H groups in total. The van der Waals surface area contributed by atoms with E-state index in [0.29, 0.717) is 34.5 Å². The summed E-state index contributed by atoms with van der Waals surface area (Å²) >= 11 is 12.2. The summed E-state index contributed by atoms with van der Waals surface area (Å²) < 4.78 is 34.2. The number of anilines is 1. The first kappa shape index (κ1) is 31.3. The summed E-state index contributed by atoms with van der Waals surface area (Å²) in [5.74, 6) is -0.346. The van der Waals surface area contributed by atoms with Gasteiger partial charge in [-0.25, -0.2) is 8.42 Å². The fraction of sp³-hybridized carbons (Fsp3) is 0.310. The highest BCUT2D eigenvalue weighted by Crippen LogP contribution is 2.27. The molecule has 0 heterocycles. The van der Waals surface area contributed by atoms with Crippen molar-refractivity contribution in [2.45, 2.75) is 44.7 Å². The Morgan fingerprint density at radius 1 is 0.950 bits per heavy atom. The molecular weight excluding hydrogens is 573 g/mol. The smallest absolute Gasteiger partial charge is 0.264 e. The lowest BCUT2D eigenvalue weighted by Crippen LogP contribution is -2.51. The molecule has 0 aliphatic heterocycles. The van der Waals surface area contributed by atoms with Crippen molar-refractivity contribution in [1.29, 1.82) is 0 Å². The Balaban J connectivity index is 2.02. The van der Waals surface area contributed by atoms with Crippen LogP contribution in [0.15, 0.2) is 77.7 Å². The van der Waals surface area contributed by atoms with E-state index in [1.807, 2.05) is 13.8 Å². The molecule has 1 atom stereocenters. The molecule has 0 spiro atoms. The predicted molar refractivity (Wildman–Crippen MR) is 158 cm³/mol. The molecule has 214 valence electrons. The number of rotatable bonds is 13. The summed E-state index contributed by atoms with van der Waals surface area (Å²) in [6, 6.07) is 18.2. The van der Waals surface area contributed by atoms with E-state index in [2.05, 4.69) is 5.32 Å². The lowest BCUT2D eigenvalue weighted by Gasteiger charge is -2.32. The average molecular weight is 607 g/mol. The maximum atomic E-state index is 13.9. The van der Waals surface area contributed by atoms with Gasteiger partial charge in [0.1, 0.15) is 18.3 Å². The van der Waals surface area contributed by atoms with Gasteiger partial charge in [-0.1, -0.05) is 42.3 Å². The predicted octanol–water partition coefficient (Wildman–Crippen LogP) is 5.53. The zero-order chi connectivity index (χ0) is 29.3. The third-order valence-corrected chi connectivity index (χ3v) is 8.35. The molecule has 0 radical (unpaired) electrons. The van der Waals surface area contributed by atoms with Crippen LogP contribution in [0, 0.1) is 0 Å². The topological polar surface area (TPSA) is 96.0 Å². The second kappa shape index (κ2) is 14.4. The molecule has 3 aromatic rings. The van der Waals surface area contributed by atoms with Crippen molar-refractivity contribution in [1.82, 2.24) is 10.2 Å². The number of hydrogen-bond donors (Lipinski definition) is 1. The van der Waals surface area contributed by atoms with Crippen LogP contribution in [0.25, 0.3) is 0 Å². The van der Waals surface area contributed by atoms with Gasteiger partial charge in [0.25, 0.3) is 10.0 Å². The maximum absolute atomic E-state index is 13.9. The van der Waals surface area contributed by atoms with Gasteiger partial charge in [-0.05, 0) is 86.5 Å². The van der Waals surface area contributed by atoms with Crippen LogP contribution in [0.1, 0.15) is 32.8 Å². The Morgan fingerprint density at radius 3 is 2.23 bits per heavy atom. The molecular formula is C29H33Cl2N3O5S. The molecule has 11 heteroatoms. The van der Waals surface area contributed by atoms with Gasteiger partial charge in [0.15, 0.2) is 0 Å². The number of hydrogen-bond acceptors (Lipinski definition) is 5. The molecule has 0 saturated heterocycles. The largest absolute Gasteiger partial charge is 0.494 e. The number of ether oxygens (including phenoxy) is 1. The highest BCUT2D eigenvalue weighted by molar-refractivity contribution is 7.92. The van der Waals surface area contributed by atoms with Crippen molar-refractivity contribution >= 4 is 50.7 Å². The average Bonchev–Trinajstić information content (AvgIpc) is 2.93. The molecule has 40 heavy (non-hydrogen) atoms. The summed E-state index contributed by atoms with van der Waals surface area (Å²) in [6.45, 7) is 5.78. The van der Waals surface area contributed by atoms with Crippen molar-refractivity contribution in [2.75, 3.05) is 24.0 Å². The van der Waals surface area contributed by atoms with Gasteiger partial charge in [0.2, 0.25) is 11.8 Å². The van der Waals surface area contributed by atoms with Crippen LogP contribution in [0.2, 0.25) is 10.0 Å². The molecule has 0 aliphatic carbocycles. The van der Waals surface area contributed by atoms with Gasteiger partial charge < -0.3 is 15.0 Å². The van der Waals surface area contributed by atoms with E-state index < -0.39 is 28.5 Å². The molecule has 0 saturated carbocycles. The van der Waals surface area contributed by atoms with Crippen molar-refractivity contribution in [3.05, 3.63) is 88.4 Å².